The lowest BCUT2D eigenvalue weighted by atomic mass is 10.3. The van der Waals surface area contributed by atoms with E-state index in [0.717, 1.165) is 11.8 Å². The summed E-state index contributed by atoms with van der Waals surface area (Å²) >= 11 is 5.60. The number of thioether (sulfide) groups is 1. The molecule has 1 heterocycles. The second-order valence-corrected chi connectivity index (χ2v) is 3.46. The highest BCUT2D eigenvalue weighted by molar-refractivity contribution is 8.26. The van der Waals surface area contributed by atoms with Gasteiger partial charge in [0.15, 0.2) is 0 Å². The van der Waals surface area contributed by atoms with Crippen LogP contribution in [0.1, 0.15) is 0 Å². The molecule has 0 aromatic rings. The zero-order valence-electron chi connectivity index (χ0n) is 5.62. The van der Waals surface area contributed by atoms with E-state index in [0.29, 0.717) is 0 Å². The number of allylic oxidation sites excluding steroid dienone is 1. The number of hydrogen-bond acceptors (Lipinski definition) is 5. The maximum absolute atomic E-state index is 11.0. The minimum Gasteiger partial charge on any atom is -0.307 e. The van der Waals surface area contributed by atoms with Gasteiger partial charge in [-0.1, -0.05) is 24.0 Å². The molecule has 0 spiro atoms. The molecule has 1 saturated heterocycles. The smallest absolute Gasteiger partial charge is 0.265 e. The van der Waals surface area contributed by atoms with E-state index in [1.807, 2.05) is 0 Å². The minimum absolute atomic E-state index is 0.0880. The maximum atomic E-state index is 11.0. The first-order valence-electron chi connectivity index (χ1n) is 2.76. The van der Waals surface area contributed by atoms with Crippen molar-refractivity contribution in [2.45, 2.75) is 0 Å². The Bertz CT molecular complexity index is 355. The van der Waals surface area contributed by atoms with Crippen LogP contribution in [0.4, 0.5) is 0 Å². The molecular weight excluding hydrogens is 194 g/mol. The van der Waals surface area contributed by atoms with Crippen LogP contribution < -0.4 is 5.32 Å². The van der Waals surface area contributed by atoms with Crippen molar-refractivity contribution in [1.29, 1.82) is 10.5 Å². The van der Waals surface area contributed by atoms with Crippen LogP contribution in [-0.4, -0.2) is 10.2 Å². The minimum atomic E-state index is -0.469. The Morgan fingerprint density at radius 3 is 2.42 bits per heavy atom. The van der Waals surface area contributed by atoms with E-state index in [4.69, 9.17) is 10.5 Å². The zero-order valence-corrected chi connectivity index (χ0v) is 7.25. The maximum Gasteiger partial charge on any atom is 0.265 e. The average Bonchev–Trinajstić information content (AvgIpc) is 2.34. The van der Waals surface area contributed by atoms with Gasteiger partial charge in [0, 0.05) is 0 Å². The molecule has 12 heavy (non-hydrogen) atoms. The molecule has 1 aliphatic rings. The highest BCUT2D eigenvalue weighted by Gasteiger charge is 2.26. The van der Waals surface area contributed by atoms with Gasteiger partial charge in [-0.05, 0) is 0 Å². The molecule has 1 amide bonds. The predicted octanol–water partition coefficient (Wildman–Crippen LogP) is 0.436. The summed E-state index contributed by atoms with van der Waals surface area (Å²) in [6.07, 6.45) is 0. The molecule has 0 bridgehead atoms. The van der Waals surface area contributed by atoms with Crippen LogP contribution in [-0.2, 0) is 4.79 Å². The van der Waals surface area contributed by atoms with Gasteiger partial charge in [0.1, 0.15) is 26.9 Å². The van der Waals surface area contributed by atoms with E-state index < -0.39 is 5.91 Å². The number of nitrogens with one attached hydrogen (secondary N) is 1. The summed E-state index contributed by atoms with van der Waals surface area (Å²) < 4.78 is 0.276. The number of amides is 1. The molecule has 1 aliphatic heterocycles. The fourth-order valence-electron chi connectivity index (χ4n) is 0.605. The lowest BCUT2D eigenvalue weighted by Gasteiger charge is -1.86. The third-order valence-electron chi connectivity index (χ3n) is 1.07. The Labute approximate surface area is 77.8 Å². The summed E-state index contributed by atoms with van der Waals surface area (Å²) in [7, 11) is 0. The van der Waals surface area contributed by atoms with Crippen molar-refractivity contribution in [3.63, 3.8) is 0 Å². The van der Waals surface area contributed by atoms with Gasteiger partial charge in [-0.2, -0.15) is 10.5 Å². The van der Waals surface area contributed by atoms with Gasteiger partial charge in [-0.25, -0.2) is 0 Å². The van der Waals surface area contributed by atoms with E-state index in [-0.39, 0.29) is 14.8 Å². The van der Waals surface area contributed by atoms with Crippen molar-refractivity contribution in [2.24, 2.45) is 0 Å². The third-order valence-corrected chi connectivity index (χ3v) is 2.30. The van der Waals surface area contributed by atoms with Gasteiger partial charge in [0.25, 0.3) is 5.91 Å². The van der Waals surface area contributed by atoms with Crippen LogP contribution in [0.15, 0.2) is 10.5 Å². The van der Waals surface area contributed by atoms with Crippen molar-refractivity contribution in [1.82, 2.24) is 5.32 Å². The van der Waals surface area contributed by atoms with Gasteiger partial charge < -0.3 is 5.32 Å². The lowest BCUT2D eigenvalue weighted by Crippen LogP contribution is -2.18. The fourth-order valence-corrected chi connectivity index (χ4v) is 1.61. The van der Waals surface area contributed by atoms with E-state index >= 15 is 0 Å². The average molecular weight is 195 g/mol. The molecule has 58 valence electrons. The summed E-state index contributed by atoms with van der Waals surface area (Å²) in [5.74, 6) is -0.469. The molecule has 1 rings (SSSR count). The highest BCUT2D eigenvalue weighted by Crippen LogP contribution is 2.25. The lowest BCUT2D eigenvalue weighted by molar-refractivity contribution is -0.115. The van der Waals surface area contributed by atoms with Gasteiger partial charge in [0.2, 0.25) is 0 Å². The van der Waals surface area contributed by atoms with Crippen LogP contribution in [0.25, 0.3) is 0 Å². The highest BCUT2D eigenvalue weighted by atomic mass is 32.2. The summed E-state index contributed by atoms with van der Waals surface area (Å²) in [4.78, 5) is 11.1. The van der Waals surface area contributed by atoms with Crippen LogP contribution in [0, 0.1) is 22.7 Å². The van der Waals surface area contributed by atoms with Gasteiger partial charge in [0.05, 0.1) is 0 Å². The summed E-state index contributed by atoms with van der Waals surface area (Å²) in [5, 5.41) is 19.2. The second-order valence-electron chi connectivity index (χ2n) is 1.77. The zero-order chi connectivity index (χ0) is 9.14. The summed E-state index contributed by atoms with van der Waals surface area (Å²) in [5.41, 5.74) is -0.197. The van der Waals surface area contributed by atoms with Crippen LogP contribution in [0.2, 0.25) is 0 Å². The SMILES string of the molecule is N#CC(C#N)=C1SC(=S)NC1=O. The molecule has 1 N–H and O–H groups in total. The molecule has 0 radical (unpaired) electrons. The van der Waals surface area contributed by atoms with Crippen LogP contribution in [0.3, 0.4) is 0 Å². The molecule has 6 heteroatoms. The standard InChI is InChI=1S/C6HN3OS2/c7-1-3(2-8)4-5(10)9-6(11)12-4/h(H,9,10,11). The molecule has 0 saturated carbocycles. The quantitative estimate of drug-likeness (QED) is 0.344. The van der Waals surface area contributed by atoms with Crippen LogP contribution >= 0.6 is 24.0 Å². The fraction of sp³-hybridized carbons (Fsp3) is 0. The Balaban J connectivity index is 3.14. The van der Waals surface area contributed by atoms with E-state index in [1.54, 1.807) is 12.1 Å². The van der Waals surface area contributed by atoms with E-state index in [9.17, 15) is 4.79 Å². The number of rotatable bonds is 0. The number of nitrogens with zero attached hydrogens (tertiary/aromatic N) is 2. The molecule has 0 aromatic heterocycles. The molecule has 0 unspecified atom stereocenters. The molecule has 4 nitrogen and oxygen atoms in total. The van der Waals surface area contributed by atoms with Gasteiger partial charge >= 0.3 is 0 Å². The largest absolute Gasteiger partial charge is 0.307 e. The van der Waals surface area contributed by atoms with Crippen molar-refractivity contribution in [3.8, 4) is 12.1 Å². The predicted molar refractivity (Wildman–Crippen MR) is 46.6 cm³/mol. The number of hydrogen-bond donors (Lipinski definition) is 1. The first-order chi connectivity index (χ1) is 5.69. The molecule has 0 aliphatic carbocycles. The number of thiocarbonyl (C=S) groups is 1. The topological polar surface area (TPSA) is 76.7 Å². The van der Waals surface area contributed by atoms with Crippen LogP contribution in [0.5, 0.6) is 0 Å². The van der Waals surface area contributed by atoms with Crippen molar-refractivity contribution in [3.05, 3.63) is 10.5 Å². The van der Waals surface area contributed by atoms with E-state index in [1.165, 1.54) is 0 Å². The number of nitriles is 2. The van der Waals surface area contributed by atoms with Gasteiger partial charge in [-0.15, -0.1) is 0 Å². The molecular formula is C6HN3OS2. The Hall–Kier alpha value is -1.37. The second kappa shape index (κ2) is 3.35. The Kier molecular flexibility index (Phi) is 2.44. The molecule has 0 atom stereocenters. The van der Waals surface area contributed by atoms with Crippen molar-refractivity contribution >= 4 is 34.2 Å². The first kappa shape index (κ1) is 8.72. The van der Waals surface area contributed by atoms with Crippen molar-refractivity contribution < 1.29 is 4.79 Å². The summed E-state index contributed by atoms with van der Waals surface area (Å²) in [6, 6.07) is 3.24. The van der Waals surface area contributed by atoms with E-state index in [2.05, 4.69) is 17.5 Å². The Morgan fingerprint density at radius 2 is 2.08 bits per heavy atom. The Morgan fingerprint density at radius 1 is 1.50 bits per heavy atom. The van der Waals surface area contributed by atoms with Gasteiger partial charge in [-0.3, -0.25) is 4.79 Å². The normalized spacial score (nSPS) is 15.0. The third kappa shape index (κ3) is 1.45. The summed E-state index contributed by atoms with van der Waals surface area (Å²) in [6.45, 7) is 0. The monoisotopic (exact) mass is 195 g/mol. The first-order valence-corrected chi connectivity index (χ1v) is 3.99. The van der Waals surface area contributed by atoms with Crippen molar-refractivity contribution in [2.75, 3.05) is 0 Å². The molecule has 1 fully saturated rings. The molecule has 0 aromatic carbocycles. The number of carbonyl (C=O) groups is 1. The number of carbonyl (C=O) groups excluding carboxylic acids is 1.